The molecule has 0 radical (unpaired) electrons. The molecule has 0 atom stereocenters. The molecule has 0 aliphatic carbocycles. The molecule has 0 bridgehead atoms. The Morgan fingerprint density at radius 1 is 0.964 bits per heavy atom. The third-order valence-corrected chi connectivity index (χ3v) is 4.90. The van der Waals surface area contributed by atoms with E-state index in [9.17, 15) is 14.4 Å². The van der Waals surface area contributed by atoms with E-state index in [1.54, 1.807) is 30.3 Å². The molecule has 0 saturated carbocycles. The number of carbonyl (C=O) groups is 3. The largest absolute Gasteiger partial charge is 0.462 e. The maximum atomic E-state index is 12.1. The van der Waals surface area contributed by atoms with Gasteiger partial charge in [0.05, 0.1) is 12.2 Å². The molecule has 1 N–H and O–H groups in total. The van der Waals surface area contributed by atoms with Crippen LogP contribution < -0.4 is 5.32 Å². The minimum absolute atomic E-state index is 0.364. The molecule has 2 aromatic carbocycles. The van der Waals surface area contributed by atoms with Crippen molar-refractivity contribution in [2.45, 2.75) is 13.3 Å². The Bertz CT molecular complexity index is 960. The molecule has 0 unspecified atom stereocenters. The Morgan fingerprint density at radius 3 is 2.43 bits per heavy atom. The van der Waals surface area contributed by atoms with Gasteiger partial charge in [-0.3, -0.25) is 4.79 Å². The lowest BCUT2D eigenvalue weighted by atomic mass is 10.2. The molecule has 0 aliphatic heterocycles. The molecule has 6 nitrogen and oxygen atoms in total. The van der Waals surface area contributed by atoms with Crippen molar-refractivity contribution in [1.82, 2.24) is 0 Å². The standard InChI is InChI=1S/C21H19NO5S/c1-2-11-26-20(24)14-7-9-16(10-8-14)22-19(23)13-27-21(25)18-12-15-5-3-4-6-17(15)28-18/h3-10,12H,2,11,13H2,1H3,(H,22,23). The van der Waals surface area contributed by atoms with Crippen molar-refractivity contribution < 1.29 is 23.9 Å². The summed E-state index contributed by atoms with van der Waals surface area (Å²) in [7, 11) is 0. The molecular formula is C21H19NO5S. The molecule has 1 amide bonds. The van der Waals surface area contributed by atoms with Gasteiger partial charge in [-0.05, 0) is 48.2 Å². The van der Waals surface area contributed by atoms with Crippen molar-refractivity contribution in [3.63, 3.8) is 0 Å². The predicted molar refractivity (Wildman–Crippen MR) is 108 cm³/mol. The minimum Gasteiger partial charge on any atom is -0.462 e. The van der Waals surface area contributed by atoms with E-state index in [-0.39, 0.29) is 0 Å². The lowest BCUT2D eigenvalue weighted by molar-refractivity contribution is -0.119. The summed E-state index contributed by atoms with van der Waals surface area (Å²) in [5, 5.41) is 3.58. The molecular weight excluding hydrogens is 378 g/mol. The summed E-state index contributed by atoms with van der Waals surface area (Å²) >= 11 is 1.32. The fraction of sp³-hybridized carbons (Fsp3) is 0.190. The Hall–Kier alpha value is -3.19. The minimum atomic E-state index is -0.537. The van der Waals surface area contributed by atoms with Crippen LogP contribution in [0.1, 0.15) is 33.4 Å². The molecule has 3 aromatic rings. The second-order valence-corrected chi connectivity index (χ2v) is 7.07. The van der Waals surface area contributed by atoms with Crippen LogP contribution in [0.2, 0.25) is 0 Å². The van der Waals surface area contributed by atoms with Crippen molar-refractivity contribution in [1.29, 1.82) is 0 Å². The van der Waals surface area contributed by atoms with Crippen LogP contribution in [0.15, 0.2) is 54.6 Å². The van der Waals surface area contributed by atoms with E-state index < -0.39 is 24.5 Å². The van der Waals surface area contributed by atoms with Gasteiger partial charge in [0.2, 0.25) is 0 Å². The van der Waals surface area contributed by atoms with Crippen LogP contribution >= 0.6 is 11.3 Å². The Labute approximate surface area is 166 Å². The van der Waals surface area contributed by atoms with Gasteiger partial charge in [-0.1, -0.05) is 25.1 Å². The lowest BCUT2D eigenvalue weighted by Crippen LogP contribution is -2.20. The molecule has 144 valence electrons. The van der Waals surface area contributed by atoms with Crippen molar-refractivity contribution in [2.75, 3.05) is 18.5 Å². The number of amides is 1. The van der Waals surface area contributed by atoms with Gasteiger partial charge in [-0.2, -0.15) is 0 Å². The number of fused-ring (bicyclic) bond motifs is 1. The number of esters is 2. The molecule has 7 heteroatoms. The number of hydrogen-bond acceptors (Lipinski definition) is 6. The third-order valence-electron chi connectivity index (χ3n) is 3.80. The van der Waals surface area contributed by atoms with Crippen LogP contribution in [0, 0.1) is 0 Å². The van der Waals surface area contributed by atoms with E-state index >= 15 is 0 Å². The number of nitrogens with one attached hydrogen (secondary N) is 1. The van der Waals surface area contributed by atoms with Crippen molar-refractivity contribution in [3.8, 4) is 0 Å². The first-order valence-corrected chi connectivity index (χ1v) is 9.61. The van der Waals surface area contributed by atoms with Gasteiger partial charge < -0.3 is 14.8 Å². The molecule has 0 saturated heterocycles. The Kier molecular flexibility index (Phi) is 6.39. The highest BCUT2D eigenvalue weighted by molar-refractivity contribution is 7.20. The number of rotatable bonds is 7. The number of carbonyl (C=O) groups excluding carboxylic acids is 3. The monoisotopic (exact) mass is 397 g/mol. The SMILES string of the molecule is CCCOC(=O)c1ccc(NC(=O)COC(=O)c2cc3ccccc3s2)cc1. The van der Waals surface area contributed by atoms with Gasteiger partial charge in [-0.25, -0.2) is 9.59 Å². The first kappa shape index (κ1) is 19.6. The van der Waals surface area contributed by atoms with E-state index in [1.165, 1.54) is 11.3 Å². The van der Waals surface area contributed by atoms with Crippen LogP contribution in [0.25, 0.3) is 10.1 Å². The van der Waals surface area contributed by atoms with Gasteiger partial charge in [0.25, 0.3) is 5.91 Å². The second kappa shape index (κ2) is 9.14. The zero-order chi connectivity index (χ0) is 19.9. The first-order chi connectivity index (χ1) is 13.6. The van der Waals surface area contributed by atoms with E-state index in [1.807, 2.05) is 31.2 Å². The summed E-state index contributed by atoms with van der Waals surface area (Å²) in [5.74, 6) is -1.40. The molecule has 28 heavy (non-hydrogen) atoms. The van der Waals surface area contributed by atoms with E-state index in [4.69, 9.17) is 9.47 Å². The number of ether oxygens (including phenoxy) is 2. The highest BCUT2D eigenvalue weighted by Crippen LogP contribution is 2.25. The quantitative estimate of drug-likeness (QED) is 0.602. The molecule has 1 heterocycles. The first-order valence-electron chi connectivity index (χ1n) is 8.79. The van der Waals surface area contributed by atoms with Crippen molar-refractivity contribution >= 4 is 45.0 Å². The highest BCUT2D eigenvalue weighted by atomic mass is 32.1. The Balaban J connectivity index is 1.51. The van der Waals surface area contributed by atoms with E-state index in [0.717, 1.165) is 16.5 Å². The van der Waals surface area contributed by atoms with Crippen LogP contribution in [-0.4, -0.2) is 31.1 Å². The summed E-state index contributed by atoms with van der Waals surface area (Å²) in [6.45, 7) is 1.88. The molecule has 3 rings (SSSR count). The number of anilines is 1. The van der Waals surface area contributed by atoms with Gasteiger partial charge in [-0.15, -0.1) is 11.3 Å². The smallest absolute Gasteiger partial charge is 0.348 e. The van der Waals surface area contributed by atoms with Gasteiger partial charge in [0.1, 0.15) is 4.88 Å². The molecule has 0 aliphatic rings. The normalized spacial score (nSPS) is 10.5. The third kappa shape index (κ3) is 4.95. The number of hydrogen-bond donors (Lipinski definition) is 1. The topological polar surface area (TPSA) is 81.7 Å². The maximum Gasteiger partial charge on any atom is 0.348 e. The van der Waals surface area contributed by atoms with Gasteiger partial charge >= 0.3 is 11.9 Å². The van der Waals surface area contributed by atoms with Crippen LogP contribution in [0.3, 0.4) is 0 Å². The molecule has 0 spiro atoms. The van der Waals surface area contributed by atoms with Crippen LogP contribution in [0.4, 0.5) is 5.69 Å². The zero-order valence-electron chi connectivity index (χ0n) is 15.3. The zero-order valence-corrected chi connectivity index (χ0v) is 16.1. The van der Waals surface area contributed by atoms with Crippen LogP contribution in [0.5, 0.6) is 0 Å². The average molecular weight is 397 g/mol. The Morgan fingerprint density at radius 2 is 1.71 bits per heavy atom. The van der Waals surface area contributed by atoms with Crippen molar-refractivity contribution in [2.24, 2.45) is 0 Å². The van der Waals surface area contributed by atoms with Crippen molar-refractivity contribution in [3.05, 3.63) is 65.0 Å². The van der Waals surface area contributed by atoms with Gasteiger partial charge in [0.15, 0.2) is 6.61 Å². The fourth-order valence-electron chi connectivity index (χ4n) is 2.45. The molecule has 0 fully saturated rings. The number of benzene rings is 2. The maximum absolute atomic E-state index is 12.1. The lowest BCUT2D eigenvalue weighted by Gasteiger charge is -2.07. The van der Waals surface area contributed by atoms with E-state index in [2.05, 4.69) is 5.32 Å². The molecule has 1 aromatic heterocycles. The van der Waals surface area contributed by atoms with Gasteiger partial charge in [0, 0.05) is 10.4 Å². The summed E-state index contributed by atoms with van der Waals surface area (Å²) in [6.07, 6.45) is 0.750. The van der Waals surface area contributed by atoms with Crippen LogP contribution in [-0.2, 0) is 14.3 Å². The summed E-state index contributed by atoms with van der Waals surface area (Å²) < 4.78 is 11.1. The summed E-state index contributed by atoms with van der Waals surface area (Å²) in [5.41, 5.74) is 0.901. The predicted octanol–water partition coefficient (Wildman–Crippen LogP) is 4.26. The fourth-order valence-corrected chi connectivity index (χ4v) is 3.41. The summed E-state index contributed by atoms with van der Waals surface area (Å²) in [4.78, 5) is 36.3. The summed E-state index contributed by atoms with van der Waals surface area (Å²) in [6, 6.07) is 15.7. The number of thiophene rings is 1. The van der Waals surface area contributed by atoms with E-state index in [0.29, 0.717) is 22.7 Å². The second-order valence-electron chi connectivity index (χ2n) is 5.99. The average Bonchev–Trinajstić information content (AvgIpc) is 3.15. The highest BCUT2D eigenvalue weighted by Gasteiger charge is 2.14.